The van der Waals surface area contributed by atoms with Crippen LogP contribution in [0, 0.1) is 11.6 Å². The Labute approximate surface area is 140 Å². The number of rotatable bonds is 2. The Bertz CT molecular complexity index is 736. The second kappa shape index (κ2) is 6.07. The van der Waals surface area contributed by atoms with Gasteiger partial charge in [0.2, 0.25) is 5.91 Å². The summed E-state index contributed by atoms with van der Waals surface area (Å²) >= 11 is 13.3. The lowest BCUT2D eigenvalue weighted by molar-refractivity contribution is -0.115. The van der Waals surface area contributed by atoms with Gasteiger partial charge in [-0.25, -0.2) is 8.78 Å². The van der Waals surface area contributed by atoms with Gasteiger partial charge >= 0.3 is 0 Å². The topological polar surface area (TPSA) is 20.3 Å². The first-order valence-corrected chi connectivity index (χ1v) is 8.11. The van der Waals surface area contributed by atoms with Crippen LogP contribution < -0.4 is 4.90 Å². The normalized spacial score (nSPS) is 18.1. The molecule has 0 saturated carbocycles. The Kier molecular flexibility index (Phi) is 4.30. The number of anilines is 1. The molecule has 0 aliphatic carbocycles. The number of nitrogens with zero attached hydrogens (tertiary/aromatic N) is 1. The number of thioether (sulfide) groups is 1. The predicted molar refractivity (Wildman–Crippen MR) is 85.5 cm³/mol. The molecule has 0 bridgehead atoms. The summed E-state index contributed by atoms with van der Waals surface area (Å²) in [5, 5.41) is 0.351. The first kappa shape index (κ1) is 15.6. The van der Waals surface area contributed by atoms with Gasteiger partial charge in [-0.1, -0.05) is 29.3 Å². The Morgan fingerprint density at radius 3 is 2.36 bits per heavy atom. The molecule has 7 heteroatoms. The van der Waals surface area contributed by atoms with Crippen molar-refractivity contribution in [2.45, 2.75) is 5.37 Å². The molecule has 2 nitrogen and oxygen atoms in total. The maximum Gasteiger partial charge on any atom is 0.238 e. The molecule has 3 rings (SSSR count). The maximum atomic E-state index is 13.5. The molecular formula is C15H9Cl2F2NOS. The van der Waals surface area contributed by atoms with E-state index >= 15 is 0 Å². The van der Waals surface area contributed by atoms with E-state index in [1.807, 2.05) is 0 Å². The minimum absolute atomic E-state index is 0.141. The van der Waals surface area contributed by atoms with Crippen molar-refractivity contribution in [1.82, 2.24) is 0 Å². The fourth-order valence-electron chi connectivity index (χ4n) is 2.29. The third-order valence-electron chi connectivity index (χ3n) is 3.22. The second-order valence-electron chi connectivity index (χ2n) is 4.73. The standard InChI is InChI=1S/C15H9Cl2F2NOS/c16-9-4-10(17)6-11(5-9)20-14(21)7-22-15(20)8-1-2-12(18)13(19)3-8/h1-6,15H,7H2/t15-/m1/s1. The summed E-state index contributed by atoms with van der Waals surface area (Å²) in [4.78, 5) is 13.7. The monoisotopic (exact) mass is 359 g/mol. The zero-order chi connectivity index (χ0) is 15.9. The van der Waals surface area contributed by atoms with E-state index in [0.29, 0.717) is 21.3 Å². The predicted octanol–water partition coefficient (Wildman–Crippen LogP) is 5.05. The van der Waals surface area contributed by atoms with Gasteiger partial charge in [0, 0.05) is 15.7 Å². The van der Waals surface area contributed by atoms with E-state index in [9.17, 15) is 13.6 Å². The molecule has 0 spiro atoms. The number of carbonyl (C=O) groups is 1. The average molecular weight is 360 g/mol. The van der Waals surface area contributed by atoms with Crippen LogP contribution in [0.25, 0.3) is 0 Å². The summed E-state index contributed by atoms with van der Waals surface area (Å²) in [6.45, 7) is 0. The Morgan fingerprint density at radius 1 is 1.05 bits per heavy atom. The van der Waals surface area contributed by atoms with Crippen molar-refractivity contribution >= 4 is 46.6 Å². The molecule has 0 N–H and O–H groups in total. The van der Waals surface area contributed by atoms with E-state index in [1.165, 1.54) is 22.7 Å². The van der Waals surface area contributed by atoms with Crippen LogP contribution in [0.4, 0.5) is 14.5 Å². The molecule has 1 amide bonds. The van der Waals surface area contributed by atoms with E-state index in [0.717, 1.165) is 12.1 Å². The average Bonchev–Trinajstić information content (AvgIpc) is 2.82. The zero-order valence-electron chi connectivity index (χ0n) is 11.0. The van der Waals surface area contributed by atoms with E-state index in [2.05, 4.69) is 0 Å². The van der Waals surface area contributed by atoms with Gasteiger partial charge in [0.1, 0.15) is 5.37 Å². The summed E-state index contributed by atoms with van der Waals surface area (Å²) < 4.78 is 26.5. The molecule has 1 aliphatic heterocycles. The van der Waals surface area contributed by atoms with Gasteiger partial charge in [-0.3, -0.25) is 9.69 Å². The molecule has 1 saturated heterocycles. The number of carbonyl (C=O) groups excluding carboxylic acids is 1. The smallest absolute Gasteiger partial charge is 0.238 e. The molecule has 0 radical (unpaired) electrons. The van der Waals surface area contributed by atoms with Crippen LogP contribution >= 0.6 is 35.0 Å². The van der Waals surface area contributed by atoms with Gasteiger partial charge in [0.25, 0.3) is 0 Å². The number of halogens is 4. The van der Waals surface area contributed by atoms with Gasteiger partial charge < -0.3 is 0 Å². The van der Waals surface area contributed by atoms with Crippen molar-refractivity contribution in [3.05, 3.63) is 63.6 Å². The second-order valence-corrected chi connectivity index (χ2v) is 6.67. The Morgan fingerprint density at radius 2 is 1.73 bits per heavy atom. The molecule has 0 aromatic heterocycles. The largest absolute Gasteiger partial charge is 0.295 e. The van der Waals surface area contributed by atoms with E-state index in [4.69, 9.17) is 23.2 Å². The van der Waals surface area contributed by atoms with Crippen molar-refractivity contribution in [3.8, 4) is 0 Å². The highest BCUT2D eigenvalue weighted by Crippen LogP contribution is 2.43. The summed E-state index contributed by atoms with van der Waals surface area (Å²) in [7, 11) is 0. The van der Waals surface area contributed by atoms with Crippen molar-refractivity contribution in [1.29, 1.82) is 0 Å². The van der Waals surface area contributed by atoms with E-state index in [-0.39, 0.29) is 11.7 Å². The third-order valence-corrected chi connectivity index (χ3v) is 4.87. The SMILES string of the molecule is O=C1CS[C@H](c2ccc(F)c(F)c2)N1c1cc(Cl)cc(Cl)c1. The summed E-state index contributed by atoms with van der Waals surface area (Å²) in [5.74, 6) is -1.76. The van der Waals surface area contributed by atoms with Gasteiger partial charge in [0.05, 0.1) is 5.75 Å². The van der Waals surface area contributed by atoms with Crippen LogP contribution in [0.2, 0.25) is 10.0 Å². The number of hydrogen-bond donors (Lipinski definition) is 0. The minimum atomic E-state index is -0.943. The van der Waals surface area contributed by atoms with Crippen molar-refractivity contribution < 1.29 is 13.6 Å². The lowest BCUT2D eigenvalue weighted by atomic mass is 10.1. The molecule has 1 fully saturated rings. The molecule has 1 aliphatic rings. The maximum absolute atomic E-state index is 13.5. The molecule has 2 aromatic rings. The molecule has 1 atom stereocenters. The Hall–Kier alpha value is -1.30. The van der Waals surface area contributed by atoms with Crippen molar-refractivity contribution in [2.75, 3.05) is 10.7 Å². The highest BCUT2D eigenvalue weighted by Gasteiger charge is 2.34. The van der Waals surface area contributed by atoms with Gasteiger partial charge in [-0.05, 0) is 35.9 Å². The molecular weight excluding hydrogens is 351 g/mol. The highest BCUT2D eigenvalue weighted by molar-refractivity contribution is 8.00. The summed E-state index contributed by atoms with van der Waals surface area (Å²) in [6.07, 6.45) is 0. The van der Waals surface area contributed by atoms with Crippen LogP contribution in [0.3, 0.4) is 0 Å². The van der Waals surface area contributed by atoms with Crippen LogP contribution in [0.15, 0.2) is 36.4 Å². The summed E-state index contributed by atoms with van der Waals surface area (Å²) in [6, 6.07) is 8.41. The summed E-state index contributed by atoms with van der Waals surface area (Å²) in [5.41, 5.74) is 1.04. The quantitative estimate of drug-likeness (QED) is 0.747. The lowest BCUT2D eigenvalue weighted by Crippen LogP contribution is -2.27. The van der Waals surface area contributed by atoms with Gasteiger partial charge in [-0.15, -0.1) is 11.8 Å². The van der Waals surface area contributed by atoms with Crippen molar-refractivity contribution in [2.24, 2.45) is 0 Å². The van der Waals surface area contributed by atoms with Crippen LogP contribution in [0.1, 0.15) is 10.9 Å². The Balaban J connectivity index is 2.03. The minimum Gasteiger partial charge on any atom is -0.295 e. The molecule has 0 unspecified atom stereocenters. The first-order chi connectivity index (χ1) is 10.5. The fraction of sp³-hybridized carbons (Fsp3) is 0.133. The van der Waals surface area contributed by atoms with Crippen LogP contribution in [-0.2, 0) is 4.79 Å². The number of hydrogen-bond acceptors (Lipinski definition) is 2. The van der Waals surface area contributed by atoms with E-state index < -0.39 is 17.0 Å². The molecule has 2 aromatic carbocycles. The molecule has 22 heavy (non-hydrogen) atoms. The molecule has 114 valence electrons. The van der Waals surface area contributed by atoms with Gasteiger partial charge in [-0.2, -0.15) is 0 Å². The highest BCUT2D eigenvalue weighted by atomic mass is 35.5. The van der Waals surface area contributed by atoms with Crippen LogP contribution in [-0.4, -0.2) is 11.7 Å². The number of amides is 1. The third kappa shape index (κ3) is 2.93. The number of benzene rings is 2. The fourth-order valence-corrected chi connectivity index (χ4v) is 3.98. The van der Waals surface area contributed by atoms with E-state index in [1.54, 1.807) is 18.2 Å². The zero-order valence-corrected chi connectivity index (χ0v) is 13.4. The van der Waals surface area contributed by atoms with Gasteiger partial charge in [0.15, 0.2) is 11.6 Å². The lowest BCUT2D eigenvalue weighted by Gasteiger charge is -2.24. The van der Waals surface area contributed by atoms with Crippen molar-refractivity contribution in [3.63, 3.8) is 0 Å². The molecule has 1 heterocycles. The van der Waals surface area contributed by atoms with Crippen LogP contribution in [0.5, 0.6) is 0 Å². The first-order valence-electron chi connectivity index (χ1n) is 6.30.